The molecular weight excluding hydrogens is 244 g/mol. The van der Waals surface area contributed by atoms with Crippen LogP contribution in [0.25, 0.3) is 0 Å². The van der Waals surface area contributed by atoms with E-state index in [-0.39, 0.29) is 6.61 Å². The summed E-state index contributed by atoms with van der Waals surface area (Å²) in [5.74, 6) is -1.28. The van der Waals surface area contributed by atoms with E-state index in [4.69, 9.17) is 5.41 Å². The van der Waals surface area contributed by atoms with Crippen LogP contribution < -0.4 is 0 Å². The molecule has 0 radical (unpaired) electrons. The van der Waals surface area contributed by atoms with Crippen LogP contribution in [0.1, 0.15) is 18.9 Å². The third-order valence-electron chi connectivity index (χ3n) is 2.42. The molecule has 1 aromatic carbocycles. The number of carbonyl (C=O) groups excluding carboxylic acids is 1. The third kappa shape index (κ3) is 5.92. The Labute approximate surface area is 112 Å². The first-order chi connectivity index (χ1) is 9.13. The Kier molecular flexibility index (Phi) is 6.46. The summed E-state index contributed by atoms with van der Waals surface area (Å²) in [6, 6.07) is 9.76. The Morgan fingerprint density at radius 2 is 2.16 bits per heavy atom. The van der Waals surface area contributed by atoms with E-state index in [1.807, 2.05) is 30.3 Å². The van der Waals surface area contributed by atoms with Gasteiger partial charge in [0.25, 0.3) is 0 Å². The van der Waals surface area contributed by atoms with E-state index in [1.54, 1.807) is 6.92 Å². The lowest BCUT2D eigenvalue weighted by molar-refractivity contribution is -0.135. The van der Waals surface area contributed by atoms with Crippen molar-refractivity contribution in [2.24, 2.45) is 4.99 Å². The first kappa shape index (κ1) is 15.0. The first-order valence-electron chi connectivity index (χ1n) is 6.15. The van der Waals surface area contributed by atoms with Crippen LogP contribution in [0.15, 0.2) is 35.3 Å². The number of esters is 1. The molecule has 0 fully saturated rings. The number of nitrogens with zero attached hydrogens (tertiary/aromatic N) is 1. The van der Waals surface area contributed by atoms with E-state index >= 15 is 0 Å². The summed E-state index contributed by atoms with van der Waals surface area (Å²) in [6.45, 7) is 1.86. The molecule has 0 heterocycles. The van der Waals surface area contributed by atoms with Gasteiger partial charge in [-0.25, -0.2) is 9.79 Å². The molecular formula is C14H18N2O3. The standard InChI is InChI=1S/C14H18N2O3/c1-2-19-14(18)13(15)16-10-12(17)9-8-11-6-4-3-5-7-11/h3-7,10,12,15,17H,2,8-9H2,1H3/b15-13?,16-10+/t12-/m1/s1. The zero-order chi connectivity index (χ0) is 14.1. The predicted molar refractivity (Wildman–Crippen MR) is 73.6 cm³/mol. The number of carbonyl (C=O) groups is 1. The van der Waals surface area contributed by atoms with Crippen LogP contribution in [-0.2, 0) is 16.0 Å². The third-order valence-corrected chi connectivity index (χ3v) is 2.42. The van der Waals surface area contributed by atoms with Crippen LogP contribution in [0.2, 0.25) is 0 Å². The van der Waals surface area contributed by atoms with E-state index in [9.17, 15) is 9.90 Å². The number of hydrogen-bond acceptors (Lipinski definition) is 4. The molecule has 5 nitrogen and oxygen atoms in total. The maximum absolute atomic E-state index is 11.1. The van der Waals surface area contributed by atoms with Crippen LogP contribution in [-0.4, -0.2) is 35.8 Å². The average molecular weight is 262 g/mol. The highest BCUT2D eigenvalue weighted by Gasteiger charge is 2.08. The lowest BCUT2D eigenvalue weighted by Gasteiger charge is -2.05. The number of aliphatic hydroxyl groups excluding tert-OH is 1. The summed E-state index contributed by atoms with van der Waals surface area (Å²) < 4.78 is 4.61. The molecule has 0 saturated heterocycles. The van der Waals surface area contributed by atoms with Crippen LogP contribution in [0.5, 0.6) is 0 Å². The van der Waals surface area contributed by atoms with Gasteiger partial charge in [-0.2, -0.15) is 0 Å². The average Bonchev–Trinajstić information content (AvgIpc) is 2.43. The molecule has 0 aromatic heterocycles. The van der Waals surface area contributed by atoms with Crippen molar-refractivity contribution >= 4 is 18.0 Å². The number of hydrogen-bond donors (Lipinski definition) is 2. The van der Waals surface area contributed by atoms with E-state index in [1.165, 1.54) is 6.21 Å². The van der Waals surface area contributed by atoms with E-state index in [0.29, 0.717) is 12.8 Å². The lowest BCUT2D eigenvalue weighted by Crippen LogP contribution is -2.17. The second kappa shape index (κ2) is 8.16. The van der Waals surface area contributed by atoms with Crippen LogP contribution >= 0.6 is 0 Å². The van der Waals surface area contributed by atoms with Crippen LogP contribution in [0.4, 0.5) is 0 Å². The summed E-state index contributed by atoms with van der Waals surface area (Å²) in [5.41, 5.74) is 1.12. The highest BCUT2D eigenvalue weighted by molar-refractivity contribution is 6.35. The van der Waals surface area contributed by atoms with Gasteiger partial charge < -0.3 is 9.84 Å². The van der Waals surface area contributed by atoms with Crippen LogP contribution in [0.3, 0.4) is 0 Å². The van der Waals surface area contributed by atoms with Crippen molar-refractivity contribution in [1.29, 1.82) is 5.41 Å². The number of aliphatic hydroxyl groups is 1. The summed E-state index contributed by atoms with van der Waals surface area (Å²) in [4.78, 5) is 14.7. The number of amidine groups is 1. The van der Waals surface area contributed by atoms with Crippen molar-refractivity contribution in [2.45, 2.75) is 25.9 Å². The lowest BCUT2D eigenvalue weighted by atomic mass is 10.1. The Bertz CT molecular complexity index is 443. The van der Waals surface area contributed by atoms with Gasteiger partial charge in [-0.05, 0) is 25.3 Å². The van der Waals surface area contributed by atoms with Crippen LogP contribution in [0, 0.1) is 5.41 Å². The highest BCUT2D eigenvalue weighted by atomic mass is 16.5. The molecule has 0 bridgehead atoms. The topological polar surface area (TPSA) is 82.7 Å². The molecule has 0 aliphatic carbocycles. The number of nitrogens with one attached hydrogen (secondary N) is 1. The van der Waals surface area contributed by atoms with Crippen molar-refractivity contribution < 1.29 is 14.6 Å². The highest BCUT2D eigenvalue weighted by Crippen LogP contribution is 2.04. The van der Waals surface area contributed by atoms with Gasteiger partial charge in [0.15, 0.2) is 0 Å². The molecule has 0 amide bonds. The fraction of sp³-hybridized carbons (Fsp3) is 0.357. The largest absolute Gasteiger partial charge is 0.460 e. The Morgan fingerprint density at radius 3 is 2.79 bits per heavy atom. The SMILES string of the molecule is CCOC(=O)C(=N)/N=C/[C@H](O)CCc1ccccc1. The Morgan fingerprint density at radius 1 is 1.47 bits per heavy atom. The monoisotopic (exact) mass is 262 g/mol. The zero-order valence-corrected chi connectivity index (χ0v) is 10.9. The molecule has 0 saturated carbocycles. The van der Waals surface area contributed by atoms with Crippen molar-refractivity contribution in [3.63, 3.8) is 0 Å². The molecule has 2 N–H and O–H groups in total. The number of rotatable bonds is 5. The maximum Gasteiger partial charge on any atom is 0.375 e. The molecule has 0 aliphatic rings. The molecule has 0 spiro atoms. The van der Waals surface area contributed by atoms with Gasteiger partial charge in [0.05, 0.1) is 12.7 Å². The predicted octanol–water partition coefficient (Wildman–Crippen LogP) is 1.59. The smallest absolute Gasteiger partial charge is 0.375 e. The summed E-state index contributed by atoms with van der Waals surface area (Å²) in [7, 11) is 0. The van der Waals surface area contributed by atoms with E-state index in [0.717, 1.165) is 5.56 Å². The number of aliphatic imine (C=N–C) groups is 1. The minimum atomic E-state index is -0.783. The molecule has 0 aliphatic heterocycles. The van der Waals surface area contributed by atoms with Gasteiger partial charge in [0.1, 0.15) is 0 Å². The van der Waals surface area contributed by atoms with Gasteiger partial charge in [-0.15, -0.1) is 0 Å². The van der Waals surface area contributed by atoms with Crippen molar-refractivity contribution in [3.05, 3.63) is 35.9 Å². The van der Waals surface area contributed by atoms with E-state index in [2.05, 4.69) is 9.73 Å². The normalized spacial score (nSPS) is 12.3. The quantitative estimate of drug-likeness (QED) is 0.480. The van der Waals surface area contributed by atoms with Gasteiger partial charge in [-0.1, -0.05) is 30.3 Å². The maximum atomic E-state index is 11.1. The molecule has 0 unspecified atom stereocenters. The molecule has 19 heavy (non-hydrogen) atoms. The minimum absolute atomic E-state index is 0.202. The van der Waals surface area contributed by atoms with Gasteiger partial charge in [0, 0.05) is 6.21 Å². The summed E-state index contributed by atoms with van der Waals surface area (Å²) in [5, 5.41) is 17.0. The van der Waals surface area contributed by atoms with Gasteiger partial charge in [0.2, 0.25) is 5.84 Å². The van der Waals surface area contributed by atoms with Crippen molar-refractivity contribution in [2.75, 3.05) is 6.61 Å². The molecule has 1 aromatic rings. The summed E-state index contributed by atoms with van der Waals surface area (Å²) in [6.07, 6.45) is 1.61. The molecule has 1 atom stereocenters. The van der Waals surface area contributed by atoms with Crippen molar-refractivity contribution in [1.82, 2.24) is 0 Å². The second-order valence-corrected chi connectivity index (χ2v) is 3.94. The molecule has 102 valence electrons. The second-order valence-electron chi connectivity index (χ2n) is 3.94. The Hall–Kier alpha value is -2.01. The zero-order valence-electron chi connectivity index (χ0n) is 10.9. The minimum Gasteiger partial charge on any atom is -0.460 e. The number of aryl methyl sites for hydroxylation is 1. The molecule has 1 rings (SSSR count). The summed E-state index contributed by atoms with van der Waals surface area (Å²) >= 11 is 0. The van der Waals surface area contributed by atoms with Gasteiger partial charge >= 0.3 is 5.97 Å². The Balaban J connectivity index is 2.36. The molecule has 5 heteroatoms. The number of ether oxygens (including phenoxy) is 1. The first-order valence-corrected chi connectivity index (χ1v) is 6.15. The fourth-order valence-corrected chi connectivity index (χ4v) is 1.45. The fourth-order valence-electron chi connectivity index (χ4n) is 1.45. The van der Waals surface area contributed by atoms with Crippen molar-refractivity contribution in [3.8, 4) is 0 Å². The van der Waals surface area contributed by atoms with Gasteiger partial charge in [-0.3, -0.25) is 5.41 Å². The van der Waals surface area contributed by atoms with E-state index < -0.39 is 17.9 Å². The number of benzene rings is 1.